The number of nitrogens with zero attached hydrogens (tertiary/aromatic N) is 5. The molecule has 1 aliphatic rings. The third-order valence-corrected chi connectivity index (χ3v) is 3.98. The first kappa shape index (κ1) is 14.4. The van der Waals surface area contributed by atoms with Crippen LogP contribution in [0.5, 0.6) is 0 Å². The standard InChI is InChI=1S/C15H16N8O/c1-9-6-13(22-20-9)19-14-10-3-5-23(7-12(10)16-8-17-14)15(24)11-2-4-18-21-11/h2,4,6,8H,3,5,7H2,1H3,(H,18,21)(H2,16,17,19,20,22). The van der Waals surface area contributed by atoms with E-state index in [-0.39, 0.29) is 5.91 Å². The molecule has 3 aromatic rings. The molecule has 0 fully saturated rings. The molecule has 0 aliphatic carbocycles. The Bertz CT molecular complexity index is 869. The largest absolute Gasteiger partial charge is 0.331 e. The molecular formula is C15H16N8O. The molecule has 0 saturated carbocycles. The van der Waals surface area contributed by atoms with Crippen LogP contribution in [0.4, 0.5) is 11.6 Å². The maximum absolute atomic E-state index is 12.4. The lowest BCUT2D eigenvalue weighted by Gasteiger charge is -2.28. The van der Waals surface area contributed by atoms with E-state index in [0.717, 1.165) is 22.8 Å². The number of hydrogen-bond donors (Lipinski definition) is 3. The number of aromatic nitrogens is 6. The zero-order chi connectivity index (χ0) is 16.5. The molecule has 1 amide bonds. The molecule has 122 valence electrons. The summed E-state index contributed by atoms with van der Waals surface area (Å²) < 4.78 is 0. The van der Waals surface area contributed by atoms with Crippen molar-refractivity contribution in [2.24, 2.45) is 0 Å². The Morgan fingerprint density at radius 2 is 2.25 bits per heavy atom. The monoisotopic (exact) mass is 324 g/mol. The summed E-state index contributed by atoms with van der Waals surface area (Å²) in [6, 6.07) is 3.58. The summed E-state index contributed by atoms with van der Waals surface area (Å²) in [5, 5.41) is 16.8. The van der Waals surface area contributed by atoms with Gasteiger partial charge in [-0.25, -0.2) is 9.97 Å². The smallest absolute Gasteiger partial charge is 0.272 e. The van der Waals surface area contributed by atoms with Gasteiger partial charge in [-0.3, -0.25) is 15.0 Å². The Labute approximate surface area is 137 Å². The quantitative estimate of drug-likeness (QED) is 0.666. The van der Waals surface area contributed by atoms with Crippen LogP contribution in [-0.2, 0) is 13.0 Å². The third-order valence-electron chi connectivity index (χ3n) is 3.98. The lowest BCUT2D eigenvalue weighted by Crippen LogP contribution is -2.37. The van der Waals surface area contributed by atoms with E-state index in [1.165, 1.54) is 6.33 Å². The van der Waals surface area contributed by atoms with Crippen molar-refractivity contribution >= 4 is 17.5 Å². The van der Waals surface area contributed by atoms with Crippen molar-refractivity contribution < 1.29 is 4.79 Å². The van der Waals surface area contributed by atoms with Crippen LogP contribution in [-0.4, -0.2) is 47.7 Å². The summed E-state index contributed by atoms with van der Waals surface area (Å²) in [5.74, 6) is 1.37. The molecule has 3 N–H and O–H groups in total. The number of anilines is 2. The summed E-state index contributed by atoms with van der Waals surface area (Å²) in [5.41, 5.74) is 3.32. The van der Waals surface area contributed by atoms with Gasteiger partial charge in [-0.05, 0) is 19.4 Å². The number of nitrogens with one attached hydrogen (secondary N) is 3. The van der Waals surface area contributed by atoms with Gasteiger partial charge in [0.15, 0.2) is 5.82 Å². The van der Waals surface area contributed by atoms with E-state index >= 15 is 0 Å². The molecule has 0 radical (unpaired) electrons. The summed E-state index contributed by atoms with van der Waals surface area (Å²) in [7, 11) is 0. The van der Waals surface area contributed by atoms with E-state index in [4.69, 9.17) is 0 Å². The highest BCUT2D eigenvalue weighted by Crippen LogP contribution is 2.25. The highest BCUT2D eigenvalue weighted by molar-refractivity contribution is 5.92. The van der Waals surface area contributed by atoms with Gasteiger partial charge >= 0.3 is 0 Å². The summed E-state index contributed by atoms with van der Waals surface area (Å²) in [6.07, 6.45) is 3.76. The van der Waals surface area contributed by atoms with Gasteiger partial charge < -0.3 is 10.2 Å². The minimum Gasteiger partial charge on any atom is -0.331 e. The van der Waals surface area contributed by atoms with Crippen molar-refractivity contribution in [2.45, 2.75) is 19.9 Å². The van der Waals surface area contributed by atoms with Gasteiger partial charge in [-0.2, -0.15) is 10.2 Å². The average molecular weight is 324 g/mol. The number of fused-ring (bicyclic) bond motifs is 1. The number of aromatic amines is 2. The zero-order valence-electron chi connectivity index (χ0n) is 13.1. The van der Waals surface area contributed by atoms with E-state index in [1.54, 1.807) is 17.2 Å². The molecule has 4 rings (SSSR count). The molecule has 9 heteroatoms. The van der Waals surface area contributed by atoms with Crippen LogP contribution >= 0.6 is 0 Å². The minimum atomic E-state index is -0.0748. The predicted octanol–water partition coefficient (Wildman–Crippen LogP) is 1.17. The molecule has 0 saturated heterocycles. The number of amides is 1. The number of rotatable bonds is 3. The molecule has 0 atom stereocenters. The minimum absolute atomic E-state index is 0.0748. The number of H-pyrrole nitrogens is 2. The second-order valence-corrected chi connectivity index (χ2v) is 5.66. The number of aryl methyl sites for hydroxylation is 1. The first-order valence-electron chi connectivity index (χ1n) is 7.61. The van der Waals surface area contributed by atoms with Crippen LogP contribution in [0, 0.1) is 6.92 Å². The Balaban J connectivity index is 1.56. The van der Waals surface area contributed by atoms with Crippen molar-refractivity contribution in [1.29, 1.82) is 0 Å². The zero-order valence-corrected chi connectivity index (χ0v) is 13.1. The first-order chi connectivity index (χ1) is 11.7. The van der Waals surface area contributed by atoms with Crippen molar-refractivity contribution in [3.05, 3.63) is 47.3 Å². The Kier molecular flexibility index (Phi) is 3.45. The van der Waals surface area contributed by atoms with Crippen LogP contribution in [0.15, 0.2) is 24.7 Å². The fourth-order valence-electron chi connectivity index (χ4n) is 2.78. The normalized spacial score (nSPS) is 13.6. The van der Waals surface area contributed by atoms with Gasteiger partial charge in [0.25, 0.3) is 5.91 Å². The van der Waals surface area contributed by atoms with E-state index in [0.29, 0.717) is 31.0 Å². The van der Waals surface area contributed by atoms with Gasteiger partial charge in [0.05, 0.1) is 12.2 Å². The summed E-state index contributed by atoms with van der Waals surface area (Å²) in [4.78, 5) is 22.8. The maximum atomic E-state index is 12.4. The molecule has 24 heavy (non-hydrogen) atoms. The average Bonchev–Trinajstić information content (AvgIpc) is 3.26. The second kappa shape index (κ2) is 5.76. The van der Waals surface area contributed by atoms with Crippen molar-refractivity contribution in [3.8, 4) is 0 Å². The lowest BCUT2D eigenvalue weighted by molar-refractivity contribution is 0.0726. The summed E-state index contributed by atoms with van der Waals surface area (Å²) >= 11 is 0. The Hall–Kier alpha value is -3.23. The highest BCUT2D eigenvalue weighted by Gasteiger charge is 2.25. The number of carbonyl (C=O) groups is 1. The fourth-order valence-corrected chi connectivity index (χ4v) is 2.78. The maximum Gasteiger partial charge on any atom is 0.272 e. The molecule has 0 bridgehead atoms. The molecule has 0 spiro atoms. The molecule has 0 aromatic carbocycles. The van der Waals surface area contributed by atoms with Crippen LogP contribution < -0.4 is 5.32 Å². The Morgan fingerprint density at radius 1 is 1.33 bits per heavy atom. The van der Waals surface area contributed by atoms with Gasteiger partial charge in [0.1, 0.15) is 17.8 Å². The number of hydrogen-bond acceptors (Lipinski definition) is 6. The van der Waals surface area contributed by atoms with Crippen LogP contribution in [0.3, 0.4) is 0 Å². The SMILES string of the molecule is Cc1cc(Nc2ncnc3c2CCN(C(=O)c2ccn[nH]2)C3)n[nH]1. The first-order valence-corrected chi connectivity index (χ1v) is 7.61. The third kappa shape index (κ3) is 2.60. The van der Waals surface area contributed by atoms with Crippen LogP contribution in [0.25, 0.3) is 0 Å². The van der Waals surface area contributed by atoms with Crippen LogP contribution in [0.1, 0.15) is 27.4 Å². The predicted molar refractivity (Wildman–Crippen MR) is 85.7 cm³/mol. The van der Waals surface area contributed by atoms with Crippen molar-refractivity contribution in [1.82, 2.24) is 35.3 Å². The molecule has 4 heterocycles. The van der Waals surface area contributed by atoms with Crippen molar-refractivity contribution in [3.63, 3.8) is 0 Å². The lowest BCUT2D eigenvalue weighted by atomic mass is 10.1. The van der Waals surface area contributed by atoms with E-state index < -0.39 is 0 Å². The van der Waals surface area contributed by atoms with Crippen LogP contribution in [0.2, 0.25) is 0 Å². The Morgan fingerprint density at radius 3 is 3.00 bits per heavy atom. The second-order valence-electron chi connectivity index (χ2n) is 5.66. The fraction of sp³-hybridized carbons (Fsp3) is 0.267. The summed E-state index contributed by atoms with van der Waals surface area (Å²) in [6.45, 7) is 2.99. The topological polar surface area (TPSA) is 115 Å². The van der Waals surface area contributed by atoms with Gasteiger partial charge in [0, 0.05) is 30.1 Å². The van der Waals surface area contributed by atoms with Crippen molar-refractivity contribution in [2.75, 3.05) is 11.9 Å². The van der Waals surface area contributed by atoms with Gasteiger partial charge in [-0.1, -0.05) is 0 Å². The molecule has 3 aromatic heterocycles. The number of carbonyl (C=O) groups excluding carboxylic acids is 1. The van der Waals surface area contributed by atoms with Gasteiger partial charge in [-0.15, -0.1) is 0 Å². The van der Waals surface area contributed by atoms with Gasteiger partial charge in [0.2, 0.25) is 0 Å². The van der Waals surface area contributed by atoms with E-state index in [2.05, 4.69) is 35.7 Å². The van der Waals surface area contributed by atoms with E-state index in [9.17, 15) is 4.79 Å². The molecule has 0 unspecified atom stereocenters. The molecular weight excluding hydrogens is 308 g/mol. The van der Waals surface area contributed by atoms with E-state index in [1.807, 2.05) is 13.0 Å². The molecule has 9 nitrogen and oxygen atoms in total. The molecule has 1 aliphatic heterocycles. The highest BCUT2D eigenvalue weighted by atomic mass is 16.2.